The number of aliphatic hydroxyl groups excluding tert-OH is 1. The molecule has 1 aliphatic rings. The third-order valence-electron chi connectivity index (χ3n) is 5.12. The molecule has 0 radical (unpaired) electrons. The Morgan fingerprint density at radius 3 is 2.77 bits per heavy atom. The predicted molar refractivity (Wildman–Crippen MR) is 97.2 cm³/mol. The van der Waals surface area contributed by atoms with E-state index in [9.17, 15) is 9.50 Å². The van der Waals surface area contributed by atoms with Gasteiger partial charge in [-0.1, -0.05) is 43.3 Å². The van der Waals surface area contributed by atoms with Crippen molar-refractivity contribution < 1.29 is 14.2 Å². The highest BCUT2D eigenvalue weighted by Crippen LogP contribution is 2.33. The molecule has 6 heteroatoms. The molecule has 0 aliphatic carbocycles. The average Bonchev–Trinajstić information content (AvgIpc) is 3.26. The number of ether oxygens (including phenoxy) is 1. The maximum Gasteiger partial charge on any atom is 0.154 e. The molecular weight excluding hydrogens is 333 g/mol. The highest BCUT2D eigenvalue weighted by Gasteiger charge is 2.40. The van der Waals surface area contributed by atoms with E-state index in [4.69, 9.17) is 9.84 Å². The molecule has 1 aromatic heterocycles. The molecule has 1 saturated heterocycles. The number of rotatable bonds is 5. The summed E-state index contributed by atoms with van der Waals surface area (Å²) in [6, 6.07) is 14.6. The molecule has 1 aliphatic heterocycles. The Labute approximate surface area is 151 Å². The summed E-state index contributed by atoms with van der Waals surface area (Å²) in [5, 5.41) is 18.7. The van der Waals surface area contributed by atoms with Crippen LogP contribution >= 0.6 is 0 Å². The maximum absolute atomic E-state index is 14.1. The first-order valence-corrected chi connectivity index (χ1v) is 8.87. The molecule has 2 atom stereocenters. The highest BCUT2D eigenvalue weighted by molar-refractivity contribution is 5.82. The van der Waals surface area contributed by atoms with Gasteiger partial charge in [0.2, 0.25) is 0 Å². The lowest BCUT2D eigenvalue weighted by atomic mass is 10.0. The van der Waals surface area contributed by atoms with Gasteiger partial charge in [0.05, 0.1) is 18.7 Å². The zero-order valence-electron chi connectivity index (χ0n) is 14.7. The van der Waals surface area contributed by atoms with Crippen molar-refractivity contribution in [3.63, 3.8) is 0 Å². The van der Waals surface area contributed by atoms with Gasteiger partial charge in [-0.2, -0.15) is 5.10 Å². The molecule has 136 valence electrons. The van der Waals surface area contributed by atoms with Crippen LogP contribution in [0, 0.1) is 5.82 Å². The second-order valence-corrected chi connectivity index (χ2v) is 6.72. The van der Waals surface area contributed by atoms with Crippen molar-refractivity contribution in [1.29, 1.82) is 0 Å². The molecule has 26 heavy (non-hydrogen) atoms. The molecule has 0 amide bonds. The van der Waals surface area contributed by atoms with Gasteiger partial charge in [-0.05, 0) is 18.6 Å². The van der Waals surface area contributed by atoms with Crippen molar-refractivity contribution in [2.24, 2.45) is 0 Å². The molecule has 0 bridgehead atoms. The lowest BCUT2D eigenvalue weighted by Crippen LogP contribution is -2.36. The number of fused-ring (bicyclic) bond motifs is 1. The van der Waals surface area contributed by atoms with Crippen LogP contribution in [0.2, 0.25) is 0 Å². The van der Waals surface area contributed by atoms with Crippen molar-refractivity contribution in [3.05, 3.63) is 65.6 Å². The van der Waals surface area contributed by atoms with Crippen LogP contribution in [0.1, 0.15) is 30.8 Å². The number of halogens is 1. The van der Waals surface area contributed by atoms with Gasteiger partial charge in [0.1, 0.15) is 17.1 Å². The summed E-state index contributed by atoms with van der Waals surface area (Å²) >= 11 is 0. The van der Waals surface area contributed by atoms with Gasteiger partial charge in [-0.15, -0.1) is 0 Å². The number of benzene rings is 2. The van der Waals surface area contributed by atoms with E-state index in [-0.39, 0.29) is 12.4 Å². The number of nitrogens with one attached hydrogen (secondary N) is 1. The molecule has 0 spiro atoms. The van der Waals surface area contributed by atoms with E-state index in [0.29, 0.717) is 25.1 Å². The number of aliphatic hydroxyl groups is 1. The second-order valence-electron chi connectivity index (χ2n) is 6.72. The number of para-hydroxylation sites is 1. The fourth-order valence-corrected chi connectivity index (χ4v) is 3.43. The Bertz CT molecular complexity index is 920. The summed E-state index contributed by atoms with van der Waals surface area (Å²) < 4.78 is 22.0. The standard InChI is InChI=1S/C20H22FN3O2/c1-2-20(13-25)12-22-19(26-20)18-15-8-4-6-10-17(15)24(23-18)11-14-7-3-5-9-16(14)21/h3-10,19,22,25H,2,11-13H2,1H3. The van der Waals surface area contributed by atoms with Crippen LogP contribution in [0.25, 0.3) is 10.9 Å². The number of nitrogens with zero attached hydrogens (tertiary/aromatic N) is 2. The fourth-order valence-electron chi connectivity index (χ4n) is 3.43. The van der Waals surface area contributed by atoms with Gasteiger partial charge in [0, 0.05) is 17.5 Å². The van der Waals surface area contributed by atoms with Crippen LogP contribution in [0.4, 0.5) is 4.39 Å². The van der Waals surface area contributed by atoms with Gasteiger partial charge in [0.25, 0.3) is 0 Å². The lowest BCUT2D eigenvalue weighted by molar-refractivity contribution is -0.0739. The molecule has 2 heterocycles. The third-order valence-corrected chi connectivity index (χ3v) is 5.12. The minimum absolute atomic E-state index is 0.0408. The van der Waals surface area contributed by atoms with Crippen molar-refractivity contribution in [3.8, 4) is 0 Å². The van der Waals surface area contributed by atoms with Crippen molar-refractivity contribution >= 4 is 10.9 Å². The first kappa shape index (κ1) is 17.1. The summed E-state index contributed by atoms with van der Waals surface area (Å²) in [5.74, 6) is -0.242. The zero-order valence-corrected chi connectivity index (χ0v) is 14.7. The van der Waals surface area contributed by atoms with Crippen LogP contribution in [0.3, 0.4) is 0 Å². The predicted octanol–water partition coefficient (Wildman–Crippen LogP) is 2.98. The van der Waals surface area contributed by atoms with Crippen LogP contribution in [-0.2, 0) is 11.3 Å². The summed E-state index contributed by atoms with van der Waals surface area (Å²) in [6.07, 6.45) is 0.315. The largest absolute Gasteiger partial charge is 0.393 e. The van der Waals surface area contributed by atoms with Crippen LogP contribution < -0.4 is 5.32 Å². The SMILES string of the molecule is CCC1(CO)CNC(c2nn(Cc3ccccc3F)c3ccccc23)O1. The van der Waals surface area contributed by atoms with E-state index in [0.717, 1.165) is 16.6 Å². The number of hydrogen-bond acceptors (Lipinski definition) is 4. The number of aromatic nitrogens is 2. The molecule has 0 saturated carbocycles. The smallest absolute Gasteiger partial charge is 0.154 e. The minimum Gasteiger partial charge on any atom is -0.393 e. The molecular formula is C20H22FN3O2. The van der Waals surface area contributed by atoms with E-state index in [1.165, 1.54) is 6.07 Å². The maximum atomic E-state index is 14.1. The molecule has 4 rings (SSSR count). The molecule has 2 unspecified atom stereocenters. The van der Waals surface area contributed by atoms with Gasteiger partial charge in [0.15, 0.2) is 6.23 Å². The summed E-state index contributed by atoms with van der Waals surface area (Å²) in [4.78, 5) is 0. The van der Waals surface area contributed by atoms with Crippen LogP contribution in [0.15, 0.2) is 48.5 Å². The van der Waals surface area contributed by atoms with Gasteiger partial charge >= 0.3 is 0 Å². The van der Waals surface area contributed by atoms with Crippen LogP contribution in [-0.4, -0.2) is 33.6 Å². The third kappa shape index (κ3) is 2.90. The molecule has 1 fully saturated rings. The van der Waals surface area contributed by atoms with Gasteiger partial charge in [-0.3, -0.25) is 10.00 Å². The zero-order chi connectivity index (χ0) is 18.1. The molecule has 2 N–H and O–H groups in total. The van der Waals surface area contributed by atoms with E-state index in [1.807, 2.05) is 37.3 Å². The van der Waals surface area contributed by atoms with Crippen molar-refractivity contribution in [1.82, 2.24) is 15.1 Å². The molecule has 3 aromatic rings. The summed E-state index contributed by atoms with van der Waals surface area (Å²) in [6.45, 7) is 2.87. The first-order chi connectivity index (χ1) is 12.7. The first-order valence-electron chi connectivity index (χ1n) is 8.87. The second kappa shape index (κ2) is 6.79. The Morgan fingerprint density at radius 2 is 2.04 bits per heavy atom. The van der Waals surface area contributed by atoms with Crippen molar-refractivity contribution in [2.75, 3.05) is 13.2 Å². The Balaban J connectivity index is 1.72. The fraction of sp³-hybridized carbons (Fsp3) is 0.350. The van der Waals surface area contributed by atoms with Gasteiger partial charge in [-0.25, -0.2) is 4.39 Å². The monoisotopic (exact) mass is 355 g/mol. The topological polar surface area (TPSA) is 59.3 Å². The summed E-state index contributed by atoms with van der Waals surface area (Å²) in [7, 11) is 0. The quantitative estimate of drug-likeness (QED) is 0.739. The summed E-state index contributed by atoms with van der Waals surface area (Å²) in [5.41, 5.74) is 1.70. The van der Waals surface area contributed by atoms with E-state index >= 15 is 0 Å². The van der Waals surface area contributed by atoms with Crippen molar-refractivity contribution in [2.45, 2.75) is 31.7 Å². The Morgan fingerprint density at radius 1 is 1.27 bits per heavy atom. The van der Waals surface area contributed by atoms with E-state index in [1.54, 1.807) is 16.8 Å². The number of hydrogen-bond donors (Lipinski definition) is 2. The van der Waals surface area contributed by atoms with Gasteiger partial charge < -0.3 is 9.84 Å². The lowest BCUT2D eigenvalue weighted by Gasteiger charge is -2.23. The highest BCUT2D eigenvalue weighted by atomic mass is 19.1. The Kier molecular flexibility index (Phi) is 4.48. The van der Waals surface area contributed by atoms with Crippen LogP contribution in [0.5, 0.6) is 0 Å². The average molecular weight is 355 g/mol. The van der Waals surface area contributed by atoms with E-state index in [2.05, 4.69) is 5.32 Å². The van der Waals surface area contributed by atoms with E-state index < -0.39 is 11.8 Å². The molecule has 5 nitrogen and oxygen atoms in total. The normalized spacial score (nSPS) is 23.0. The Hall–Kier alpha value is -2.28. The molecule has 2 aromatic carbocycles. The minimum atomic E-state index is -0.582.